The molecule has 5 nitrogen and oxygen atoms in total. The lowest BCUT2D eigenvalue weighted by molar-refractivity contribution is -0.384. The third kappa shape index (κ3) is 2.80. The summed E-state index contributed by atoms with van der Waals surface area (Å²) in [4.78, 5) is 18.7. The minimum Gasteiger partial charge on any atom is -0.292 e. The Morgan fingerprint density at radius 1 is 1.20 bits per heavy atom. The van der Waals surface area contributed by atoms with Crippen molar-refractivity contribution in [3.63, 3.8) is 0 Å². The number of hydrogen-bond donors (Lipinski definition) is 0. The van der Waals surface area contributed by atoms with Crippen LogP contribution < -0.4 is 0 Å². The molecule has 3 heterocycles. The summed E-state index contributed by atoms with van der Waals surface area (Å²) >= 11 is 4.18. The van der Waals surface area contributed by atoms with Gasteiger partial charge in [-0.1, -0.05) is 59.6 Å². The summed E-state index contributed by atoms with van der Waals surface area (Å²) < 4.78 is -0.154. The highest BCUT2D eigenvalue weighted by Crippen LogP contribution is 2.65. The third-order valence-electron chi connectivity index (χ3n) is 7.31. The van der Waals surface area contributed by atoms with Crippen molar-refractivity contribution in [2.24, 2.45) is 16.8 Å². The first-order valence-corrected chi connectivity index (χ1v) is 11.5. The molecule has 0 N–H and O–H groups in total. The number of nitro benzene ring substituents is 1. The number of alkyl halides is 1. The van der Waals surface area contributed by atoms with Gasteiger partial charge in [-0.3, -0.25) is 20.0 Å². The van der Waals surface area contributed by atoms with E-state index in [-0.39, 0.29) is 21.0 Å². The second kappa shape index (κ2) is 7.27. The molecule has 2 aromatic rings. The number of nitro groups is 1. The Labute approximate surface area is 185 Å². The number of likely N-dealkylation sites (tertiary alicyclic amines) is 1. The molecule has 156 valence electrons. The van der Waals surface area contributed by atoms with Crippen LogP contribution in [0.1, 0.15) is 37.3 Å². The highest BCUT2D eigenvalue weighted by Gasteiger charge is 2.70. The predicted octanol–water partition coefficient (Wildman–Crippen LogP) is 5.33. The molecular weight excluding hydrogens is 442 g/mol. The molecule has 4 aliphatic rings. The summed E-state index contributed by atoms with van der Waals surface area (Å²) in [5.74, 6) is 1.02. The van der Waals surface area contributed by atoms with E-state index >= 15 is 0 Å². The van der Waals surface area contributed by atoms with Crippen molar-refractivity contribution in [2.75, 3.05) is 6.54 Å². The Morgan fingerprint density at radius 3 is 2.60 bits per heavy atom. The maximum atomic E-state index is 11.2. The van der Waals surface area contributed by atoms with Crippen molar-refractivity contribution in [2.45, 2.75) is 48.6 Å². The van der Waals surface area contributed by atoms with Crippen LogP contribution >= 0.6 is 15.9 Å². The molecule has 1 saturated heterocycles. The molecule has 0 spiro atoms. The number of hydrogen-bond acceptors (Lipinski definition) is 4. The number of nitrogens with zero attached hydrogens (tertiary/aromatic N) is 3. The van der Waals surface area contributed by atoms with Crippen LogP contribution in [0.5, 0.6) is 0 Å². The molecule has 6 heteroatoms. The monoisotopic (exact) mass is 467 g/mol. The SMILES string of the molecule is CCC[C@@H]1[C@@H]2C=N[C@]3(c4ccc([N+](=O)[O-])cc4)[C@H]1N(Cc1ccccc1)C[C@]3(Br)C2. The molecule has 0 aromatic heterocycles. The Kier molecular flexibility index (Phi) is 4.82. The minimum atomic E-state index is -0.411. The van der Waals surface area contributed by atoms with E-state index in [0.717, 1.165) is 31.5 Å². The number of halogens is 1. The maximum Gasteiger partial charge on any atom is 0.269 e. The zero-order valence-electron chi connectivity index (χ0n) is 17.1. The van der Waals surface area contributed by atoms with Crippen LogP contribution in [0, 0.1) is 22.0 Å². The van der Waals surface area contributed by atoms with Crippen molar-refractivity contribution in [3.8, 4) is 0 Å². The van der Waals surface area contributed by atoms with Crippen LogP contribution in [0.4, 0.5) is 5.69 Å². The smallest absolute Gasteiger partial charge is 0.269 e. The van der Waals surface area contributed by atoms with E-state index in [2.05, 4.69) is 64.3 Å². The van der Waals surface area contributed by atoms with Gasteiger partial charge in [-0.05, 0) is 47.9 Å². The lowest BCUT2D eigenvalue weighted by atomic mass is 9.58. The summed E-state index contributed by atoms with van der Waals surface area (Å²) in [6.07, 6.45) is 5.56. The Hall–Kier alpha value is -2.05. The zero-order chi connectivity index (χ0) is 20.9. The van der Waals surface area contributed by atoms with Gasteiger partial charge in [0.15, 0.2) is 0 Å². The van der Waals surface area contributed by atoms with Gasteiger partial charge in [0.25, 0.3) is 5.69 Å². The van der Waals surface area contributed by atoms with Crippen molar-refractivity contribution in [1.82, 2.24) is 4.90 Å². The third-order valence-corrected chi connectivity index (χ3v) is 8.49. The first-order valence-electron chi connectivity index (χ1n) is 10.8. The summed E-state index contributed by atoms with van der Waals surface area (Å²) in [5, 5.41) is 11.2. The average molecular weight is 468 g/mol. The number of aliphatic imine (C=N–C) groups is 1. The lowest BCUT2D eigenvalue weighted by Gasteiger charge is -2.55. The van der Waals surface area contributed by atoms with Gasteiger partial charge in [0.05, 0.1) is 9.25 Å². The molecule has 2 fully saturated rings. The van der Waals surface area contributed by atoms with Gasteiger partial charge in [0.1, 0.15) is 5.54 Å². The Bertz CT molecular complexity index is 980. The van der Waals surface area contributed by atoms with Gasteiger partial charge in [0.2, 0.25) is 0 Å². The van der Waals surface area contributed by atoms with Gasteiger partial charge >= 0.3 is 0 Å². The van der Waals surface area contributed by atoms with Gasteiger partial charge in [-0.2, -0.15) is 0 Å². The summed E-state index contributed by atoms with van der Waals surface area (Å²) in [6.45, 7) is 4.09. The van der Waals surface area contributed by atoms with E-state index in [0.29, 0.717) is 11.8 Å². The van der Waals surface area contributed by atoms with Crippen molar-refractivity contribution in [3.05, 3.63) is 75.8 Å². The molecule has 4 bridgehead atoms. The van der Waals surface area contributed by atoms with Crippen LogP contribution in [0.15, 0.2) is 59.6 Å². The average Bonchev–Trinajstić information content (AvgIpc) is 2.95. The van der Waals surface area contributed by atoms with E-state index in [1.54, 1.807) is 12.1 Å². The fraction of sp³-hybridized carbons (Fsp3) is 0.458. The van der Waals surface area contributed by atoms with Crippen LogP contribution in [0.25, 0.3) is 0 Å². The van der Waals surface area contributed by atoms with Gasteiger partial charge in [0, 0.05) is 37.5 Å². The molecule has 0 radical (unpaired) electrons. The zero-order valence-corrected chi connectivity index (χ0v) is 18.7. The van der Waals surface area contributed by atoms with E-state index in [1.807, 2.05) is 12.1 Å². The molecule has 5 atom stereocenters. The summed E-state index contributed by atoms with van der Waals surface area (Å²) in [5.41, 5.74) is 2.12. The number of benzene rings is 2. The van der Waals surface area contributed by atoms with Gasteiger partial charge in [-0.15, -0.1) is 0 Å². The Morgan fingerprint density at radius 2 is 1.93 bits per heavy atom. The van der Waals surface area contributed by atoms with Crippen LogP contribution in [0.3, 0.4) is 0 Å². The lowest BCUT2D eigenvalue weighted by Crippen LogP contribution is -2.62. The van der Waals surface area contributed by atoms with Crippen molar-refractivity contribution >= 4 is 27.8 Å². The second-order valence-electron chi connectivity index (χ2n) is 8.97. The standard InChI is InChI=1S/C24H26BrN3O2/c1-2-6-21-18-13-23(25)16-27(15-17-7-4-3-5-8-17)22(21)24(23,26-14-18)19-9-11-20(12-10-19)28(29)30/h3-5,7-12,14,18,21-22H,2,6,13,15-16H2,1H3/t18-,21+,22-,23+,24+/m0/s1. The van der Waals surface area contributed by atoms with Gasteiger partial charge < -0.3 is 0 Å². The number of non-ortho nitro benzene ring substituents is 1. The highest BCUT2D eigenvalue weighted by atomic mass is 79.9. The molecule has 1 aliphatic carbocycles. The topological polar surface area (TPSA) is 58.7 Å². The molecule has 2 aromatic carbocycles. The summed E-state index contributed by atoms with van der Waals surface area (Å²) in [7, 11) is 0. The fourth-order valence-corrected chi connectivity index (χ4v) is 7.48. The molecule has 0 unspecified atom stereocenters. The predicted molar refractivity (Wildman–Crippen MR) is 122 cm³/mol. The quantitative estimate of drug-likeness (QED) is 0.327. The normalized spacial score (nSPS) is 34.4. The number of rotatable bonds is 6. The molecule has 0 amide bonds. The van der Waals surface area contributed by atoms with E-state index in [9.17, 15) is 10.1 Å². The van der Waals surface area contributed by atoms with Crippen molar-refractivity contribution in [1.29, 1.82) is 0 Å². The van der Waals surface area contributed by atoms with E-state index in [4.69, 9.17) is 4.99 Å². The first-order chi connectivity index (χ1) is 14.5. The van der Waals surface area contributed by atoms with E-state index in [1.165, 1.54) is 12.0 Å². The molecular formula is C24H26BrN3O2. The van der Waals surface area contributed by atoms with Crippen LogP contribution in [-0.2, 0) is 12.1 Å². The maximum absolute atomic E-state index is 11.2. The molecule has 3 aliphatic heterocycles. The first kappa shape index (κ1) is 19.9. The fourth-order valence-electron chi connectivity index (χ4n) is 6.22. The molecule has 6 rings (SSSR count). The van der Waals surface area contributed by atoms with Crippen molar-refractivity contribution < 1.29 is 4.92 Å². The van der Waals surface area contributed by atoms with Gasteiger partial charge in [-0.25, -0.2) is 0 Å². The minimum absolute atomic E-state index is 0.130. The van der Waals surface area contributed by atoms with E-state index < -0.39 is 5.54 Å². The second-order valence-corrected chi connectivity index (χ2v) is 10.5. The molecule has 1 saturated carbocycles. The Balaban J connectivity index is 1.61. The highest BCUT2D eigenvalue weighted by molar-refractivity contribution is 9.10. The largest absolute Gasteiger partial charge is 0.292 e. The van der Waals surface area contributed by atoms with Crippen LogP contribution in [-0.4, -0.2) is 32.9 Å². The van der Waals surface area contributed by atoms with Crippen LogP contribution in [0.2, 0.25) is 0 Å². The summed E-state index contributed by atoms with van der Waals surface area (Å²) in [6, 6.07) is 18.0. The molecule has 30 heavy (non-hydrogen) atoms.